The van der Waals surface area contributed by atoms with Crippen LogP contribution in [0, 0.1) is 12.8 Å². The predicted octanol–water partition coefficient (Wildman–Crippen LogP) is 2.27. The molecule has 84 valence electrons. The molecule has 0 radical (unpaired) electrons. The van der Waals surface area contributed by atoms with Gasteiger partial charge in [0.1, 0.15) is 17.6 Å². The van der Waals surface area contributed by atoms with E-state index in [1.165, 1.54) is 0 Å². The van der Waals surface area contributed by atoms with Gasteiger partial charge in [0.2, 0.25) is 0 Å². The molecule has 2 unspecified atom stereocenters. The van der Waals surface area contributed by atoms with Crippen LogP contribution in [0.3, 0.4) is 0 Å². The first kappa shape index (κ1) is 10.7. The third kappa shape index (κ3) is 2.41. The average Bonchev–Trinajstić information content (AvgIpc) is 2.65. The van der Waals surface area contributed by atoms with Crippen molar-refractivity contribution in [3.05, 3.63) is 23.7 Å². The lowest BCUT2D eigenvalue weighted by Crippen LogP contribution is -2.45. The molecular weight excluding hydrogens is 190 g/mol. The molecule has 1 fully saturated rings. The lowest BCUT2D eigenvalue weighted by molar-refractivity contribution is -0.0183. The smallest absolute Gasteiger partial charge is 0.134 e. The van der Waals surface area contributed by atoms with Crippen LogP contribution in [0.25, 0.3) is 0 Å². The van der Waals surface area contributed by atoms with Crippen LogP contribution in [-0.2, 0) is 4.74 Å². The second-order valence-corrected chi connectivity index (χ2v) is 4.53. The SMILES string of the molecule is Cc1ccc(C2CNC(C(C)C)CO2)o1. The summed E-state index contributed by atoms with van der Waals surface area (Å²) in [4.78, 5) is 0. The first-order valence-electron chi connectivity index (χ1n) is 5.58. The van der Waals surface area contributed by atoms with Crippen LogP contribution in [0.1, 0.15) is 31.5 Å². The molecule has 0 aliphatic carbocycles. The second-order valence-electron chi connectivity index (χ2n) is 4.53. The van der Waals surface area contributed by atoms with Crippen molar-refractivity contribution in [1.82, 2.24) is 5.32 Å². The Hall–Kier alpha value is -0.800. The van der Waals surface area contributed by atoms with Gasteiger partial charge in [0.25, 0.3) is 0 Å². The Morgan fingerprint density at radius 1 is 1.40 bits per heavy atom. The highest BCUT2D eigenvalue weighted by atomic mass is 16.5. The second kappa shape index (κ2) is 4.37. The lowest BCUT2D eigenvalue weighted by atomic mass is 10.0. The largest absolute Gasteiger partial charge is 0.464 e. The Balaban J connectivity index is 1.93. The summed E-state index contributed by atoms with van der Waals surface area (Å²) in [6, 6.07) is 4.45. The van der Waals surface area contributed by atoms with Crippen molar-refractivity contribution in [2.45, 2.75) is 32.9 Å². The van der Waals surface area contributed by atoms with Gasteiger partial charge < -0.3 is 14.5 Å². The highest BCUT2D eigenvalue weighted by Crippen LogP contribution is 2.23. The molecular formula is C12H19NO2. The van der Waals surface area contributed by atoms with Crippen LogP contribution in [0.15, 0.2) is 16.5 Å². The van der Waals surface area contributed by atoms with Crippen molar-refractivity contribution in [2.75, 3.05) is 13.2 Å². The summed E-state index contributed by atoms with van der Waals surface area (Å²) in [5.41, 5.74) is 0. The molecule has 2 rings (SSSR count). The molecule has 1 saturated heterocycles. The van der Waals surface area contributed by atoms with E-state index >= 15 is 0 Å². The fourth-order valence-corrected chi connectivity index (χ4v) is 1.83. The highest BCUT2D eigenvalue weighted by molar-refractivity contribution is 5.09. The molecule has 0 amide bonds. The minimum atomic E-state index is 0.0775. The van der Waals surface area contributed by atoms with Crippen molar-refractivity contribution in [3.8, 4) is 0 Å². The van der Waals surface area contributed by atoms with E-state index < -0.39 is 0 Å². The van der Waals surface area contributed by atoms with Crippen LogP contribution < -0.4 is 5.32 Å². The number of hydrogen-bond donors (Lipinski definition) is 1. The number of rotatable bonds is 2. The maximum Gasteiger partial charge on any atom is 0.134 e. The monoisotopic (exact) mass is 209 g/mol. The summed E-state index contributed by atoms with van der Waals surface area (Å²) in [5.74, 6) is 2.49. The van der Waals surface area contributed by atoms with Gasteiger partial charge in [-0.05, 0) is 25.0 Å². The molecule has 1 aliphatic rings. The fraction of sp³-hybridized carbons (Fsp3) is 0.667. The molecule has 3 nitrogen and oxygen atoms in total. The van der Waals surface area contributed by atoms with E-state index in [9.17, 15) is 0 Å². The predicted molar refractivity (Wildman–Crippen MR) is 58.8 cm³/mol. The molecule has 2 atom stereocenters. The Kier molecular flexibility index (Phi) is 3.12. The maximum atomic E-state index is 5.80. The van der Waals surface area contributed by atoms with Crippen molar-refractivity contribution in [3.63, 3.8) is 0 Å². The maximum absolute atomic E-state index is 5.80. The quantitative estimate of drug-likeness (QED) is 0.811. The van der Waals surface area contributed by atoms with Crippen LogP contribution in [-0.4, -0.2) is 19.2 Å². The van der Waals surface area contributed by atoms with Gasteiger partial charge in [0, 0.05) is 12.6 Å². The molecule has 0 bridgehead atoms. The van der Waals surface area contributed by atoms with Gasteiger partial charge in [-0.25, -0.2) is 0 Å². The molecule has 1 N–H and O–H groups in total. The van der Waals surface area contributed by atoms with Gasteiger partial charge in [-0.3, -0.25) is 0 Å². The molecule has 1 aliphatic heterocycles. The molecule has 0 spiro atoms. The van der Waals surface area contributed by atoms with Crippen molar-refractivity contribution >= 4 is 0 Å². The molecule has 0 aromatic carbocycles. The van der Waals surface area contributed by atoms with Crippen LogP contribution >= 0.6 is 0 Å². The number of furan rings is 1. The number of morpholine rings is 1. The normalized spacial score (nSPS) is 27.2. The fourth-order valence-electron chi connectivity index (χ4n) is 1.83. The third-order valence-electron chi connectivity index (χ3n) is 2.93. The zero-order chi connectivity index (χ0) is 10.8. The Bertz CT molecular complexity index is 311. The summed E-state index contributed by atoms with van der Waals surface area (Å²) >= 11 is 0. The zero-order valence-corrected chi connectivity index (χ0v) is 9.62. The van der Waals surface area contributed by atoms with Crippen molar-refractivity contribution in [2.24, 2.45) is 5.92 Å². The zero-order valence-electron chi connectivity index (χ0n) is 9.62. The molecule has 15 heavy (non-hydrogen) atoms. The number of nitrogens with one attached hydrogen (secondary N) is 1. The summed E-state index contributed by atoms with van der Waals surface area (Å²) < 4.78 is 11.3. The number of ether oxygens (including phenoxy) is 1. The summed E-state index contributed by atoms with van der Waals surface area (Å²) in [6.45, 7) is 7.98. The van der Waals surface area contributed by atoms with E-state index in [1.807, 2.05) is 19.1 Å². The molecule has 1 aromatic heterocycles. The van der Waals surface area contributed by atoms with Gasteiger partial charge in [-0.2, -0.15) is 0 Å². The molecule has 1 aromatic rings. The van der Waals surface area contributed by atoms with Gasteiger partial charge in [0.15, 0.2) is 0 Å². The van der Waals surface area contributed by atoms with E-state index in [4.69, 9.17) is 9.15 Å². The van der Waals surface area contributed by atoms with Crippen LogP contribution in [0.4, 0.5) is 0 Å². The summed E-state index contributed by atoms with van der Waals surface area (Å²) in [7, 11) is 0. The average molecular weight is 209 g/mol. The van der Waals surface area contributed by atoms with Gasteiger partial charge in [0.05, 0.1) is 6.61 Å². The van der Waals surface area contributed by atoms with Gasteiger partial charge in [-0.1, -0.05) is 13.8 Å². The van der Waals surface area contributed by atoms with E-state index in [0.717, 1.165) is 24.7 Å². The minimum Gasteiger partial charge on any atom is -0.464 e. The topological polar surface area (TPSA) is 34.4 Å². The van der Waals surface area contributed by atoms with Gasteiger partial charge >= 0.3 is 0 Å². The van der Waals surface area contributed by atoms with E-state index in [0.29, 0.717) is 12.0 Å². The standard InChI is InChI=1S/C12H19NO2/c1-8(2)10-7-14-12(6-13-10)11-5-4-9(3)15-11/h4-5,8,10,12-13H,6-7H2,1-3H3. The van der Waals surface area contributed by atoms with E-state index in [2.05, 4.69) is 19.2 Å². The summed E-state index contributed by atoms with van der Waals surface area (Å²) in [6.07, 6.45) is 0.0775. The third-order valence-corrected chi connectivity index (χ3v) is 2.93. The van der Waals surface area contributed by atoms with E-state index in [1.54, 1.807) is 0 Å². The molecule has 0 saturated carbocycles. The Morgan fingerprint density at radius 3 is 2.67 bits per heavy atom. The van der Waals surface area contributed by atoms with Crippen LogP contribution in [0.2, 0.25) is 0 Å². The Labute approximate surface area is 90.8 Å². The first-order valence-corrected chi connectivity index (χ1v) is 5.58. The van der Waals surface area contributed by atoms with Crippen molar-refractivity contribution < 1.29 is 9.15 Å². The summed E-state index contributed by atoms with van der Waals surface area (Å²) in [5, 5.41) is 3.49. The number of hydrogen-bond acceptors (Lipinski definition) is 3. The molecule has 3 heteroatoms. The van der Waals surface area contributed by atoms with Crippen molar-refractivity contribution in [1.29, 1.82) is 0 Å². The molecule has 2 heterocycles. The van der Waals surface area contributed by atoms with E-state index in [-0.39, 0.29) is 6.10 Å². The lowest BCUT2D eigenvalue weighted by Gasteiger charge is -2.31. The first-order chi connectivity index (χ1) is 7.16. The van der Waals surface area contributed by atoms with Gasteiger partial charge in [-0.15, -0.1) is 0 Å². The number of aryl methyl sites for hydroxylation is 1. The highest BCUT2D eigenvalue weighted by Gasteiger charge is 2.25. The Morgan fingerprint density at radius 2 is 2.20 bits per heavy atom. The van der Waals surface area contributed by atoms with Crippen LogP contribution in [0.5, 0.6) is 0 Å². The minimum absolute atomic E-state index is 0.0775.